The molecule has 0 heterocycles. The van der Waals surface area contributed by atoms with Crippen molar-refractivity contribution in [2.45, 2.75) is 76.5 Å². The SMILES string of the molecule is CCC(C)(C)c1ccc(OCCCNC(=O)c2cc(SC#N)c3ccccc3c2O)c(C(C)(C)CC)c1. The van der Waals surface area contributed by atoms with Crippen LogP contribution in [-0.2, 0) is 10.8 Å². The fourth-order valence-electron chi connectivity index (χ4n) is 4.19. The molecule has 0 aliphatic carbocycles. The fourth-order valence-corrected chi connectivity index (χ4v) is 4.75. The first kappa shape index (κ1) is 28.4. The normalized spacial score (nSPS) is 11.8. The Morgan fingerprint density at radius 2 is 1.70 bits per heavy atom. The van der Waals surface area contributed by atoms with E-state index in [1.165, 1.54) is 11.1 Å². The molecule has 3 aromatic rings. The summed E-state index contributed by atoms with van der Waals surface area (Å²) >= 11 is 0.978. The van der Waals surface area contributed by atoms with Crippen molar-refractivity contribution in [2.75, 3.05) is 13.2 Å². The van der Waals surface area contributed by atoms with Gasteiger partial charge in [0.2, 0.25) is 0 Å². The Balaban J connectivity index is 1.68. The lowest BCUT2D eigenvalue weighted by Crippen LogP contribution is -2.26. The second-order valence-electron chi connectivity index (χ2n) is 10.7. The van der Waals surface area contributed by atoms with Gasteiger partial charge in [-0.25, -0.2) is 0 Å². The Morgan fingerprint density at radius 3 is 2.35 bits per heavy atom. The molecule has 0 radical (unpaired) electrons. The molecular weight excluding hydrogens is 480 g/mol. The van der Waals surface area contributed by atoms with Gasteiger partial charge >= 0.3 is 0 Å². The Morgan fingerprint density at radius 1 is 1.03 bits per heavy atom. The highest BCUT2D eigenvalue weighted by Gasteiger charge is 2.26. The molecule has 0 atom stereocenters. The number of thioether (sulfide) groups is 1. The largest absolute Gasteiger partial charge is 0.506 e. The number of hydrogen-bond donors (Lipinski definition) is 2. The number of nitriles is 1. The van der Waals surface area contributed by atoms with Crippen molar-refractivity contribution in [1.82, 2.24) is 5.32 Å². The van der Waals surface area contributed by atoms with Crippen LogP contribution in [0.2, 0.25) is 0 Å². The minimum absolute atomic E-state index is 0.0177. The van der Waals surface area contributed by atoms with Crippen molar-refractivity contribution in [1.29, 1.82) is 5.26 Å². The van der Waals surface area contributed by atoms with Crippen molar-refractivity contribution < 1.29 is 14.6 Å². The Hall–Kier alpha value is -3.17. The topological polar surface area (TPSA) is 82.3 Å². The highest BCUT2D eigenvalue weighted by molar-refractivity contribution is 8.04. The molecule has 2 N–H and O–H groups in total. The van der Waals surface area contributed by atoms with E-state index in [0.29, 0.717) is 29.9 Å². The highest BCUT2D eigenvalue weighted by Crippen LogP contribution is 2.39. The first-order valence-electron chi connectivity index (χ1n) is 12.9. The molecular formula is C31H38N2O3S. The van der Waals surface area contributed by atoms with Crippen LogP contribution in [0, 0.1) is 10.7 Å². The summed E-state index contributed by atoms with van der Waals surface area (Å²) in [6, 6.07) is 15.3. The third-order valence-corrected chi connectivity index (χ3v) is 8.15. The Labute approximate surface area is 225 Å². The maximum absolute atomic E-state index is 12.9. The second kappa shape index (κ2) is 11.9. The zero-order chi connectivity index (χ0) is 27.2. The number of phenolic OH excluding ortho intramolecular Hbond substituents is 1. The highest BCUT2D eigenvalue weighted by atomic mass is 32.2. The molecule has 0 bridgehead atoms. The van der Waals surface area contributed by atoms with Gasteiger partial charge in [0.1, 0.15) is 16.9 Å². The number of aromatic hydroxyl groups is 1. The summed E-state index contributed by atoms with van der Waals surface area (Å²) in [6.45, 7) is 14.3. The van der Waals surface area contributed by atoms with E-state index >= 15 is 0 Å². The van der Waals surface area contributed by atoms with Crippen LogP contribution in [0.25, 0.3) is 10.8 Å². The average molecular weight is 519 g/mol. The van der Waals surface area contributed by atoms with Crippen molar-refractivity contribution >= 4 is 28.4 Å². The van der Waals surface area contributed by atoms with Gasteiger partial charge in [0, 0.05) is 27.8 Å². The van der Waals surface area contributed by atoms with Crippen LogP contribution in [0.5, 0.6) is 11.5 Å². The number of rotatable bonds is 11. The van der Waals surface area contributed by atoms with Gasteiger partial charge in [-0.15, -0.1) is 0 Å². The van der Waals surface area contributed by atoms with E-state index in [1.54, 1.807) is 18.2 Å². The number of hydrogen-bond acceptors (Lipinski definition) is 5. The van der Waals surface area contributed by atoms with Crippen LogP contribution in [0.1, 0.15) is 82.3 Å². The summed E-state index contributed by atoms with van der Waals surface area (Å²) in [5.41, 5.74) is 2.77. The number of carbonyl (C=O) groups is 1. The number of phenols is 1. The van der Waals surface area contributed by atoms with Crippen LogP contribution in [0.15, 0.2) is 53.4 Å². The van der Waals surface area contributed by atoms with Crippen LogP contribution in [0.4, 0.5) is 0 Å². The predicted octanol–water partition coefficient (Wildman–Crippen LogP) is 7.69. The predicted molar refractivity (Wildman–Crippen MR) is 153 cm³/mol. The lowest BCUT2D eigenvalue weighted by molar-refractivity contribution is 0.0949. The summed E-state index contributed by atoms with van der Waals surface area (Å²) in [7, 11) is 0. The van der Waals surface area contributed by atoms with Gasteiger partial charge in [-0.3, -0.25) is 4.79 Å². The summed E-state index contributed by atoms with van der Waals surface area (Å²) < 4.78 is 6.21. The molecule has 0 saturated heterocycles. The molecule has 196 valence electrons. The maximum Gasteiger partial charge on any atom is 0.255 e. The first-order chi connectivity index (χ1) is 17.6. The number of carbonyl (C=O) groups excluding carboxylic acids is 1. The molecule has 1 amide bonds. The molecule has 0 aliphatic rings. The molecule has 0 unspecified atom stereocenters. The van der Waals surface area contributed by atoms with Gasteiger partial charge in [-0.05, 0) is 59.6 Å². The Kier molecular flexibility index (Phi) is 9.15. The number of benzene rings is 3. The van der Waals surface area contributed by atoms with E-state index in [2.05, 4.69) is 70.5 Å². The number of fused-ring (bicyclic) bond motifs is 1. The van der Waals surface area contributed by atoms with Crippen LogP contribution < -0.4 is 10.1 Å². The lowest BCUT2D eigenvalue weighted by atomic mass is 9.76. The molecule has 0 aromatic heterocycles. The maximum atomic E-state index is 12.9. The summed E-state index contributed by atoms with van der Waals surface area (Å²) in [5, 5.41) is 26.1. The van der Waals surface area contributed by atoms with Crippen LogP contribution in [0.3, 0.4) is 0 Å². The summed E-state index contributed by atoms with van der Waals surface area (Å²) in [6.07, 6.45) is 2.67. The quantitative estimate of drug-likeness (QED) is 0.154. The molecule has 0 aliphatic heterocycles. The molecule has 0 spiro atoms. The standard InChI is InChI=1S/C31H38N2O3S/c1-7-30(3,4)21-14-15-26(25(18-21)31(5,6)8-2)36-17-11-16-33-29(35)24-19-27(37-20-32)22-12-9-10-13-23(22)28(24)34/h9-10,12-15,18-19,34H,7-8,11,16-17H2,1-6H3,(H,33,35). The van der Waals surface area contributed by atoms with Gasteiger partial charge in [0.05, 0.1) is 12.2 Å². The van der Waals surface area contributed by atoms with Gasteiger partial charge < -0.3 is 15.2 Å². The third kappa shape index (κ3) is 6.40. The van der Waals surface area contributed by atoms with Crippen LogP contribution in [-0.4, -0.2) is 24.2 Å². The Bertz CT molecular complexity index is 1310. The van der Waals surface area contributed by atoms with E-state index in [0.717, 1.165) is 35.7 Å². The van der Waals surface area contributed by atoms with E-state index in [1.807, 2.05) is 12.1 Å². The van der Waals surface area contributed by atoms with E-state index in [-0.39, 0.29) is 28.1 Å². The van der Waals surface area contributed by atoms with Gasteiger partial charge in [-0.1, -0.05) is 77.9 Å². The van der Waals surface area contributed by atoms with Crippen LogP contribution >= 0.6 is 11.8 Å². The van der Waals surface area contributed by atoms with Gasteiger partial charge in [-0.2, -0.15) is 5.26 Å². The molecule has 3 aromatic carbocycles. The number of ether oxygens (including phenoxy) is 1. The molecule has 37 heavy (non-hydrogen) atoms. The number of nitrogens with zero attached hydrogens (tertiary/aromatic N) is 1. The molecule has 0 fully saturated rings. The summed E-state index contributed by atoms with van der Waals surface area (Å²) in [4.78, 5) is 13.5. The van der Waals surface area contributed by atoms with Crippen molar-refractivity contribution in [3.8, 4) is 16.9 Å². The zero-order valence-electron chi connectivity index (χ0n) is 22.8. The monoisotopic (exact) mass is 518 g/mol. The van der Waals surface area contributed by atoms with Gasteiger partial charge in [0.15, 0.2) is 0 Å². The van der Waals surface area contributed by atoms with E-state index in [4.69, 9.17) is 10.00 Å². The van der Waals surface area contributed by atoms with Crippen molar-refractivity contribution in [3.63, 3.8) is 0 Å². The molecule has 5 nitrogen and oxygen atoms in total. The minimum Gasteiger partial charge on any atom is -0.506 e. The first-order valence-corrected chi connectivity index (χ1v) is 13.7. The number of thiocyanates is 1. The number of amides is 1. The number of nitrogens with one attached hydrogen (secondary N) is 1. The minimum atomic E-state index is -0.373. The second-order valence-corrected chi connectivity index (χ2v) is 11.5. The molecule has 0 saturated carbocycles. The third-order valence-electron chi connectivity index (χ3n) is 7.50. The van der Waals surface area contributed by atoms with Crippen molar-refractivity contribution in [2.24, 2.45) is 0 Å². The van der Waals surface area contributed by atoms with Crippen molar-refractivity contribution in [3.05, 3.63) is 65.2 Å². The fraction of sp³-hybridized carbons (Fsp3) is 0.419. The van der Waals surface area contributed by atoms with E-state index in [9.17, 15) is 9.90 Å². The van der Waals surface area contributed by atoms with E-state index < -0.39 is 0 Å². The summed E-state index contributed by atoms with van der Waals surface area (Å²) in [5.74, 6) is 0.439. The zero-order valence-corrected chi connectivity index (χ0v) is 23.6. The lowest BCUT2D eigenvalue weighted by Gasteiger charge is -2.30. The van der Waals surface area contributed by atoms with Gasteiger partial charge in [0.25, 0.3) is 5.91 Å². The average Bonchev–Trinajstić information content (AvgIpc) is 2.90. The smallest absolute Gasteiger partial charge is 0.255 e. The molecule has 6 heteroatoms. The molecule has 3 rings (SSSR count).